The van der Waals surface area contributed by atoms with E-state index in [1.807, 2.05) is 31.0 Å². The molecule has 0 N–H and O–H groups in total. The van der Waals surface area contributed by atoms with E-state index in [4.69, 9.17) is 0 Å². The second-order valence-corrected chi connectivity index (χ2v) is 7.33. The van der Waals surface area contributed by atoms with Gasteiger partial charge in [0, 0.05) is 25.0 Å². The molecule has 1 aromatic heterocycles. The summed E-state index contributed by atoms with van der Waals surface area (Å²) >= 11 is 0. The number of rotatable bonds is 2. The maximum absolute atomic E-state index is 13.1. The molecule has 4 heteroatoms. The highest BCUT2D eigenvalue weighted by molar-refractivity contribution is 5.98. The van der Waals surface area contributed by atoms with E-state index in [0.29, 0.717) is 12.0 Å². The highest BCUT2D eigenvalue weighted by Crippen LogP contribution is 2.24. The molecule has 0 bridgehead atoms. The lowest BCUT2D eigenvalue weighted by Gasteiger charge is -2.40. The summed E-state index contributed by atoms with van der Waals surface area (Å²) in [5, 5.41) is 1.03. The first kappa shape index (κ1) is 16.9. The minimum atomic E-state index is 0.0869. The molecular weight excluding hydrogens is 298 g/mol. The van der Waals surface area contributed by atoms with E-state index >= 15 is 0 Å². The molecule has 1 aromatic carbocycles. The number of fused-ring (bicyclic) bond motifs is 1. The van der Waals surface area contributed by atoms with Crippen LogP contribution >= 0.6 is 0 Å². The molecule has 0 unspecified atom stereocenters. The summed E-state index contributed by atoms with van der Waals surface area (Å²) in [5.74, 6) is 0.568. The van der Waals surface area contributed by atoms with Gasteiger partial charge >= 0.3 is 0 Å². The number of carbonyl (C=O) groups excluding carboxylic acids is 1. The summed E-state index contributed by atoms with van der Waals surface area (Å²) in [7, 11) is 4.08. The van der Waals surface area contributed by atoms with Crippen LogP contribution in [0.25, 0.3) is 10.9 Å². The molecule has 1 amide bonds. The zero-order chi connectivity index (χ0) is 17.4. The number of hydrogen-bond donors (Lipinski definition) is 0. The van der Waals surface area contributed by atoms with Crippen LogP contribution < -0.4 is 0 Å². The minimum absolute atomic E-state index is 0.0869. The number of piperidine rings is 1. The molecular formula is C20H27N3O. The highest BCUT2D eigenvalue weighted by atomic mass is 16.2. The van der Waals surface area contributed by atoms with Crippen LogP contribution in [-0.2, 0) is 0 Å². The number of likely N-dealkylation sites (tertiary alicyclic amines) is 1. The Bertz CT molecular complexity index is 771. The molecule has 24 heavy (non-hydrogen) atoms. The van der Waals surface area contributed by atoms with Gasteiger partial charge in [-0.25, -0.2) is 0 Å². The Morgan fingerprint density at radius 2 is 2.04 bits per heavy atom. The zero-order valence-corrected chi connectivity index (χ0v) is 15.3. The second kappa shape index (κ2) is 6.52. The van der Waals surface area contributed by atoms with Gasteiger partial charge in [0.05, 0.1) is 16.8 Å². The topological polar surface area (TPSA) is 36.4 Å². The molecule has 2 aromatic rings. The number of pyridine rings is 1. The normalized spacial score (nSPS) is 21.9. The molecule has 1 aliphatic rings. The standard InChI is InChI=1S/C20H27N3O/c1-13-6-7-16-11-17(15(3)21-18(16)10-13)20(24)23(5)19-8-9-22(4)12-14(19)2/h6-7,10-11,14,19H,8-9,12H2,1-5H3/t14-,19+/m1/s1. The number of aromatic nitrogens is 1. The van der Waals surface area contributed by atoms with Gasteiger partial charge in [-0.1, -0.05) is 19.1 Å². The zero-order valence-electron chi connectivity index (χ0n) is 15.3. The van der Waals surface area contributed by atoms with Gasteiger partial charge < -0.3 is 9.80 Å². The van der Waals surface area contributed by atoms with Crippen molar-refractivity contribution in [3.8, 4) is 0 Å². The van der Waals surface area contributed by atoms with Gasteiger partial charge in [-0.05, 0) is 57.5 Å². The van der Waals surface area contributed by atoms with Crippen LogP contribution in [0.4, 0.5) is 0 Å². The average molecular weight is 325 g/mol. The van der Waals surface area contributed by atoms with E-state index < -0.39 is 0 Å². The molecule has 128 valence electrons. The van der Waals surface area contributed by atoms with E-state index in [9.17, 15) is 4.79 Å². The first-order chi connectivity index (χ1) is 11.4. The molecule has 1 fully saturated rings. The van der Waals surface area contributed by atoms with E-state index in [1.165, 1.54) is 5.56 Å². The summed E-state index contributed by atoms with van der Waals surface area (Å²) in [6, 6.07) is 8.47. The first-order valence-corrected chi connectivity index (χ1v) is 8.70. The lowest BCUT2D eigenvalue weighted by atomic mass is 9.92. The predicted molar refractivity (Wildman–Crippen MR) is 98.4 cm³/mol. The van der Waals surface area contributed by atoms with Crippen LogP contribution in [0.2, 0.25) is 0 Å². The Morgan fingerprint density at radius 3 is 2.75 bits per heavy atom. The van der Waals surface area contributed by atoms with Gasteiger partial charge in [0.2, 0.25) is 0 Å². The number of carbonyl (C=O) groups is 1. The Kier molecular flexibility index (Phi) is 4.59. The smallest absolute Gasteiger partial charge is 0.255 e. The number of nitrogens with zero attached hydrogens (tertiary/aromatic N) is 3. The summed E-state index contributed by atoms with van der Waals surface area (Å²) in [6.45, 7) is 8.31. The summed E-state index contributed by atoms with van der Waals surface area (Å²) in [6.07, 6.45) is 1.03. The molecule has 0 saturated carbocycles. The number of aryl methyl sites for hydroxylation is 2. The maximum atomic E-state index is 13.1. The molecule has 1 aliphatic heterocycles. The molecule has 2 heterocycles. The van der Waals surface area contributed by atoms with Gasteiger partial charge in [-0.15, -0.1) is 0 Å². The lowest BCUT2D eigenvalue weighted by molar-refractivity contribution is 0.0548. The largest absolute Gasteiger partial charge is 0.338 e. The minimum Gasteiger partial charge on any atom is -0.338 e. The van der Waals surface area contributed by atoms with Crippen molar-refractivity contribution in [2.75, 3.05) is 27.2 Å². The monoisotopic (exact) mass is 325 g/mol. The third kappa shape index (κ3) is 3.16. The summed E-state index contributed by atoms with van der Waals surface area (Å²) < 4.78 is 0. The number of benzene rings is 1. The quantitative estimate of drug-likeness (QED) is 0.850. The van der Waals surface area contributed by atoms with Gasteiger partial charge in [-0.2, -0.15) is 0 Å². The molecule has 3 rings (SSSR count). The average Bonchev–Trinajstić information content (AvgIpc) is 2.53. The van der Waals surface area contributed by atoms with Crippen molar-refractivity contribution in [2.45, 2.75) is 33.2 Å². The maximum Gasteiger partial charge on any atom is 0.255 e. The number of hydrogen-bond acceptors (Lipinski definition) is 3. The molecule has 4 nitrogen and oxygen atoms in total. The van der Waals surface area contributed by atoms with Crippen LogP contribution in [-0.4, -0.2) is 53.9 Å². The van der Waals surface area contributed by atoms with Gasteiger partial charge in [0.1, 0.15) is 0 Å². The Labute approximate surface area is 144 Å². The first-order valence-electron chi connectivity index (χ1n) is 8.70. The molecule has 2 atom stereocenters. The van der Waals surface area contributed by atoms with Gasteiger partial charge in [0.15, 0.2) is 0 Å². The summed E-state index contributed by atoms with van der Waals surface area (Å²) in [5.41, 5.74) is 3.68. The highest BCUT2D eigenvalue weighted by Gasteiger charge is 2.31. The van der Waals surface area contributed by atoms with Crippen molar-refractivity contribution in [1.29, 1.82) is 0 Å². The fourth-order valence-corrected chi connectivity index (χ4v) is 3.85. The fourth-order valence-electron chi connectivity index (χ4n) is 3.85. The van der Waals surface area contributed by atoms with E-state index in [1.54, 1.807) is 0 Å². The fraction of sp³-hybridized carbons (Fsp3) is 0.500. The van der Waals surface area contributed by atoms with Crippen LogP contribution in [0.3, 0.4) is 0 Å². The van der Waals surface area contributed by atoms with Gasteiger partial charge in [-0.3, -0.25) is 9.78 Å². The van der Waals surface area contributed by atoms with Crippen molar-refractivity contribution >= 4 is 16.8 Å². The lowest BCUT2D eigenvalue weighted by Crippen LogP contribution is -2.49. The van der Waals surface area contributed by atoms with Crippen LogP contribution in [0.15, 0.2) is 24.3 Å². The third-order valence-electron chi connectivity index (χ3n) is 5.28. The Morgan fingerprint density at radius 1 is 1.29 bits per heavy atom. The molecule has 0 radical (unpaired) electrons. The van der Waals surface area contributed by atoms with Crippen molar-refractivity contribution < 1.29 is 4.79 Å². The Balaban J connectivity index is 1.90. The SMILES string of the molecule is Cc1ccc2cc(C(=O)N(C)[C@H]3CCN(C)C[C@H]3C)c(C)nc2c1. The van der Waals surface area contributed by atoms with Crippen LogP contribution in [0, 0.1) is 19.8 Å². The van der Waals surface area contributed by atoms with Crippen LogP contribution in [0.1, 0.15) is 35.0 Å². The van der Waals surface area contributed by atoms with E-state index in [-0.39, 0.29) is 5.91 Å². The van der Waals surface area contributed by atoms with Crippen molar-refractivity contribution in [2.24, 2.45) is 5.92 Å². The van der Waals surface area contributed by atoms with E-state index in [0.717, 1.165) is 41.7 Å². The Hall–Kier alpha value is -1.94. The molecule has 0 aliphatic carbocycles. The summed E-state index contributed by atoms with van der Waals surface area (Å²) in [4.78, 5) is 22.0. The van der Waals surface area contributed by atoms with Gasteiger partial charge in [0.25, 0.3) is 5.91 Å². The van der Waals surface area contributed by atoms with Crippen molar-refractivity contribution in [3.05, 3.63) is 41.1 Å². The van der Waals surface area contributed by atoms with Crippen LogP contribution in [0.5, 0.6) is 0 Å². The third-order valence-corrected chi connectivity index (χ3v) is 5.28. The molecule has 0 spiro atoms. The second-order valence-electron chi connectivity index (χ2n) is 7.33. The van der Waals surface area contributed by atoms with Crippen molar-refractivity contribution in [3.63, 3.8) is 0 Å². The van der Waals surface area contributed by atoms with Crippen molar-refractivity contribution in [1.82, 2.24) is 14.8 Å². The van der Waals surface area contributed by atoms with E-state index in [2.05, 4.69) is 42.9 Å². The predicted octanol–water partition coefficient (Wildman–Crippen LogP) is 3.26. The number of amides is 1. The molecule has 1 saturated heterocycles.